The molecule has 27 rings (SSSR count). The zero-order chi connectivity index (χ0) is 103. The van der Waals surface area contributed by atoms with Gasteiger partial charge in [0, 0.05) is 193 Å². The second-order valence-corrected chi connectivity index (χ2v) is 45.8. The van der Waals surface area contributed by atoms with Crippen molar-refractivity contribution in [2.24, 2.45) is 0 Å². The molecule has 7 unspecified atom stereocenters. The summed E-state index contributed by atoms with van der Waals surface area (Å²) in [6, 6.07) is 123. The fourth-order valence-corrected chi connectivity index (χ4v) is 25.9. The predicted molar refractivity (Wildman–Crippen MR) is 629 cm³/mol. The van der Waals surface area contributed by atoms with Crippen LogP contribution in [0.3, 0.4) is 0 Å². The summed E-state index contributed by atoms with van der Waals surface area (Å²) in [5.41, 5.74) is 40.1. The number of benzene rings is 14. The lowest BCUT2D eigenvalue weighted by molar-refractivity contribution is -0.384. The zero-order valence-corrected chi connectivity index (χ0v) is 90.4. The minimum atomic E-state index is -0.354. The molecule has 7 atom stereocenters. The molecule has 8 aliphatic rings. The van der Waals surface area contributed by atoms with Gasteiger partial charge in [0.05, 0.1) is 47.7 Å². The van der Waals surface area contributed by atoms with Gasteiger partial charge in [-0.2, -0.15) is 0 Å². The van der Waals surface area contributed by atoms with Gasteiger partial charge in [0.25, 0.3) is 5.69 Å². The number of ether oxygens (including phenoxy) is 1. The van der Waals surface area contributed by atoms with Gasteiger partial charge in [-0.15, -0.1) is 24.8 Å². The SMILES string of the molecule is CC1(C)c2ccccc2CC1c1ccc(C2Nc3ccccc3C2(C)C)[nH]1.CC1(C)c2ccccc2N(Cc2ccc([N+](=O)[O-])cc2)C1c1c[nH]c2ccccc12.CC1(C)c2ccccc2NC1C1=CCc2ccccc21.CC1(C)c2ccccc2NC1c1c[nH]c2ccccc12.Cc1ccc2c(C3Nc4ccccc4C3(C)C)c[nH]c2c1.Cc1cccc(OCCn2cc(C3Nc4ccccc4C3(C)C)c3ccccc32)c1.Cl.Cl. The number of rotatable bonds is 14. The standard InChI is InChI=1S/C27H28N2O.C25H23N3O2.C25H28N2.C19H20N2.C19H19N.C18H18N2.2ClH/c1-19-9-8-10-20(17-19)30-16-15-29-18-22(21-11-4-7-14-25(21)29)26-27(2,3)23-12-5-6-13-24(23)28-26;1-25(2)21-8-4-6-10-23(21)27(16-17-11-13-18(14-12-17)28(29)30)24(25)20-15-26-22-9-5-3-7-19(20)22;1-24(2)17-10-6-5-9-16(17)15-19(24)21-13-14-22(26-21)23-25(3,4)18-11-7-8-12-20(18)27-23;1-12-8-9-13-14(11-20-17(13)10-12)18-19(2,3)15-6-4-5-7-16(15)21-18;1-19(2)16-9-5-6-10-17(16)20-18(19)15-12-11-13-7-3-4-8-14(13)15;1-18(2)14-8-4-6-10-16(14)20-17(18)13-11-19-15-9-5-3-7-12(13)15;;/h4-14,17-18,26,28H,15-16H2,1-3H3;3-15,24,26H,16H2,1-2H3;5-14,19,23,26-27H,15H2,1-4H3;4-11,18,20-21H,1-3H3;3-10,12,18,20H,11H2,1-2H3;3-11,17,19-20H,1-2H3;2*1H. The number of aromatic amines is 4. The van der Waals surface area contributed by atoms with Gasteiger partial charge in [-0.1, -0.05) is 352 Å². The van der Waals surface area contributed by atoms with Crippen LogP contribution in [0.2, 0.25) is 0 Å². The topological polar surface area (TPSA) is 184 Å². The van der Waals surface area contributed by atoms with Crippen molar-refractivity contribution in [3.8, 4) is 5.75 Å². The molecule has 0 saturated heterocycles. The van der Waals surface area contributed by atoms with E-state index in [-0.39, 0.29) is 91.5 Å². The second-order valence-electron chi connectivity index (χ2n) is 45.8. The summed E-state index contributed by atoms with van der Waals surface area (Å²) in [7, 11) is 0. The summed E-state index contributed by atoms with van der Waals surface area (Å²) in [5, 5.41) is 34.9. The number of H-pyrrole nitrogens is 4. The summed E-state index contributed by atoms with van der Waals surface area (Å²) in [6.45, 7) is 39.1. The van der Waals surface area contributed by atoms with Crippen molar-refractivity contribution in [1.82, 2.24) is 24.5 Å². The molecule has 15 nitrogen and oxygen atoms in total. The zero-order valence-electron chi connectivity index (χ0n) is 88.8. The Morgan fingerprint density at radius 2 is 0.800 bits per heavy atom. The van der Waals surface area contributed by atoms with E-state index in [4.69, 9.17) is 4.74 Å². The van der Waals surface area contributed by atoms with Gasteiger partial charge in [-0.05, 0) is 195 Å². The van der Waals surface area contributed by atoms with Crippen LogP contribution in [0.4, 0.5) is 39.8 Å². The molecule has 0 radical (unpaired) electrons. The van der Waals surface area contributed by atoms with Crippen molar-refractivity contribution in [3.63, 3.8) is 0 Å². The Bertz CT molecular complexity index is 8160. The molecule has 6 aliphatic heterocycles. The average molecular weight is 2020 g/mol. The Morgan fingerprint density at radius 3 is 1.35 bits per heavy atom. The van der Waals surface area contributed by atoms with Gasteiger partial charge in [0.15, 0.2) is 0 Å². The number of halogens is 2. The maximum absolute atomic E-state index is 11.0. The van der Waals surface area contributed by atoms with Crippen LogP contribution in [-0.2, 0) is 63.8 Å². The molecule has 9 N–H and O–H groups in total. The third-order valence-corrected chi connectivity index (χ3v) is 34.0. The van der Waals surface area contributed by atoms with E-state index < -0.39 is 0 Å². The summed E-state index contributed by atoms with van der Waals surface area (Å²) >= 11 is 0. The molecule has 5 aromatic heterocycles. The quantitative estimate of drug-likeness (QED) is 0.0378. The molecule has 19 aromatic rings. The number of allylic oxidation sites excluding steroid dienone is 1. The van der Waals surface area contributed by atoms with Crippen LogP contribution in [-0.4, -0.2) is 42.1 Å². The van der Waals surface area contributed by atoms with E-state index in [0.29, 0.717) is 37.2 Å². The number of nitrogens with one attached hydrogen (secondary N) is 9. The number of aryl methyl sites for hydroxylation is 2. The Balaban J connectivity index is 0.000000109. The number of nitro groups is 1. The maximum atomic E-state index is 11.0. The predicted octanol–water partition coefficient (Wildman–Crippen LogP) is 33.4. The van der Waals surface area contributed by atoms with Crippen molar-refractivity contribution in [3.05, 3.63) is 493 Å². The van der Waals surface area contributed by atoms with E-state index in [1.807, 2.05) is 30.3 Å². The molecular weight excluding hydrogens is 1880 g/mol. The van der Waals surface area contributed by atoms with Crippen LogP contribution in [0.1, 0.15) is 239 Å². The highest BCUT2D eigenvalue weighted by Crippen LogP contribution is 2.59. The van der Waals surface area contributed by atoms with Crippen molar-refractivity contribution < 1.29 is 9.66 Å². The van der Waals surface area contributed by atoms with E-state index >= 15 is 0 Å². The number of non-ortho nitro benzene ring substituents is 1. The number of nitrogens with zero attached hydrogens (tertiary/aromatic N) is 3. The van der Waals surface area contributed by atoms with Crippen LogP contribution in [0.25, 0.3) is 49.2 Å². The summed E-state index contributed by atoms with van der Waals surface area (Å²) < 4.78 is 8.36. The van der Waals surface area contributed by atoms with E-state index in [0.717, 1.165) is 36.2 Å². The molecule has 2 aliphatic carbocycles. The molecule has 0 saturated carbocycles. The molecule has 14 aromatic carbocycles. The van der Waals surface area contributed by atoms with Crippen molar-refractivity contribution in [2.75, 3.05) is 38.1 Å². The normalized spacial score (nSPS) is 19.5. The smallest absolute Gasteiger partial charge is 0.269 e. The van der Waals surface area contributed by atoms with Gasteiger partial charge < -0.3 is 60.7 Å². The molecule has 762 valence electrons. The minimum absolute atomic E-state index is 0. The highest BCUT2D eigenvalue weighted by Gasteiger charge is 2.50. The first-order chi connectivity index (χ1) is 71.3. The highest BCUT2D eigenvalue weighted by atomic mass is 35.5. The molecular formula is C133H138Cl2N12O3. The van der Waals surface area contributed by atoms with Gasteiger partial charge in [0.1, 0.15) is 12.4 Å². The van der Waals surface area contributed by atoms with Crippen molar-refractivity contribution >= 4 is 114 Å². The van der Waals surface area contributed by atoms with E-state index in [9.17, 15) is 10.1 Å². The second kappa shape index (κ2) is 40.4. The Labute approximate surface area is 895 Å². The van der Waals surface area contributed by atoms with Gasteiger partial charge in [-0.3, -0.25) is 10.1 Å². The minimum Gasteiger partial charge on any atom is -0.492 e. The monoisotopic (exact) mass is 2020 g/mol. The molecule has 0 fully saturated rings. The fraction of sp³-hybridized carbons (Fsp3) is 0.263. The third kappa shape index (κ3) is 18.4. The number of para-hydroxylation sites is 9. The van der Waals surface area contributed by atoms with E-state index in [1.54, 1.807) is 12.1 Å². The average Bonchev–Trinajstić information content (AvgIpc) is 1.56. The number of hydrogen-bond acceptors (Lipinski definition) is 9. The summed E-state index contributed by atoms with van der Waals surface area (Å²) in [4.78, 5) is 27.2. The first-order valence-electron chi connectivity index (χ1n) is 52.7. The lowest BCUT2D eigenvalue weighted by Crippen LogP contribution is -2.34. The molecule has 11 heterocycles. The number of anilines is 6. The molecule has 150 heavy (non-hydrogen) atoms. The number of aromatic nitrogens is 5. The first kappa shape index (κ1) is 102. The van der Waals surface area contributed by atoms with E-state index in [2.05, 4.69) is 501 Å². The van der Waals surface area contributed by atoms with Crippen LogP contribution in [0.15, 0.2) is 377 Å². The third-order valence-electron chi connectivity index (χ3n) is 34.0. The number of hydrogen-bond donors (Lipinski definition) is 9. The van der Waals surface area contributed by atoms with Crippen molar-refractivity contribution in [1.29, 1.82) is 0 Å². The maximum Gasteiger partial charge on any atom is 0.269 e. The Kier molecular flexibility index (Phi) is 27.5. The van der Waals surface area contributed by atoms with Crippen LogP contribution >= 0.6 is 24.8 Å². The van der Waals surface area contributed by atoms with Gasteiger partial charge >= 0.3 is 0 Å². The lowest BCUT2D eigenvalue weighted by atomic mass is 9.76. The number of nitro benzene ring substituents is 1. The Hall–Kier alpha value is -15.2. The fourth-order valence-electron chi connectivity index (χ4n) is 25.9. The lowest BCUT2D eigenvalue weighted by Gasteiger charge is -2.35. The van der Waals surface area contributed by atoms with Crippen molar-refractivity contribution in [2.45, 2.75) is 217 Å². The van der Waals surface area contributed by atoms with Crippen LogP contribution in [0, 0.1) is 24.0 Å². The summed E-state index contributed by atoms with van der Waals surface area (Å²) in [5.74, 6) is 1.43. The summed E-state index contributed by atoms with van der Waals surface area (Å²) in [6.07, 6.45) is 13.3. The van der Waals surface area contributed by atoms with Gasteiger partial charge in [0.2, 0.25) is 0 Å². The largest absolute Gasteiger partial charge is 0.492 e. The molecule has 0 amide bonds. The highest BCUT2D eigenvalue weighted by molar-refractivity contribution is 5.91. The molecule has 17 heteroatoms. The first-order valence-corrected chi connectivity index (χ1v) is 52.7. The van der Waals surface area contributed by atoms with Crippen LogP contribution < -0.4 is 36.2 Å². The molecule has 0 spiro atoms. The van der Waals surface area contributed by atoms with Gasteiger partial charge in [-0.25, -0.2) is 0 Å². The number of fused-ring (bicyclic) bond motifs is 12. The molecule has 0 bridgehead atoms. The van der Waals surface area contributed by atoms with E-state index in [1.165, 1.54) is 178 Å². The van der Waals surface area contributed by atoms with Crippen LogP contribution in [0.5, 0.6) is 5.75 Å². The Morgan fingerprint density at radius 1 is 0.367 bits per heavy atom.